The Labute approximate surface area is 164 Å². The number of benzene rings is 2. The van der Waals surface area contributed by atoms with Gasteiger partial charge in [0.15, 0.2) is 0 Å². The van der Waals surface area contributed by atoms with Crippen LogP contribution in [0.25, 0.3) is 11.3 Å². The summed E-state index contributed by atoms with van der Waals surface area (Å²) in [5.41, 5.74) is 11.8. The van der Waals surface area contributed by atoms with Crippen molar-refractivity contribution in [1.29, 1.82) is 0 Å². The summed E-state index contributed by atoms with van der Waals surface area (Å²) in [6.45, 7) is 6.44. The first kappa shape index (κ1) is 19.4. The van der Waals surface area contributed by atoms with E-state index in [1.54, 1.807) is 10.6 Å². The fourth-order valence-electron chi connectivity index (χ4n) is 3.38. The Bertz CT molecular complexity index is 1110. The zero-order valence-electron chi connectivity index (χ0n) is 16.7. The lowest BCUT2D eigenvalue weighted by Crippen LogP contribution is -2.30. The Morgan fingerprint density at radius 3 is 2.39 bits per heavy atom. The van der Waals surface area contributed by atoms with Gasteiger partial charge in [0.05, 0.1) is 17.8 Å². The molecule has 0 aliphatic carbocycles. The molecular formula is C23H25N3O2. The molecule has 0 bridgehead atoms. The summed E-state index contributed by atoms with van der Waals surface area (Å²) in [6.07, 6.45) is 0. The predicted molar refractivity (Wildman–Crippen MR) is 114 cm³/mol. The van der Waals surface area contributed by atoms with Crippen molar-refractivity contribution in [2.45, 2.75) is 27.3 Å². The van der Waals surface area contributed by atoms with E-state index in [9.17, 15) is 9.59 Å². The van der Waals surface area contributed by atoms with Crippen molar-refractivity contribution in [3.05, 3.63) is 86.7 Å². The van der Waals surface area contributed by atoms with E-state index in [0.29, 0.717) is 12.2 Å². The fourth-order valence-corrected chi connectivity index (χ4v) is 3.38. The number of nitrogens with zero attached hydrogens (tertiary/aromatic N) is 1. The largest absolute Gasteiger partial charge is 0.394 e. The van der Waals surface area contributed by atoms with Crippen LogP contribution in [0.4, 0.5) is 5.69 Å². The van der Waals surface area contributed by atoms with E-state index >= 15 is 0 Å². The predicted octanol–water partition coefficient (Wildman–Crippen LogP) is 3.43. The fraction of sp³-hybridized carbons (Fsp3) is 0.217. The zero-order chi connectivity index (χ0) is 20.4. The van der Waals surface area contributed by atoms with Gasteiger partial charge in [-0.1, -0.05) is 47.5 Å². The smallest absolute Gasteiger partial charge is 0.275 e. The summed E-state index contributed by atoms with van der Waals surface area (Å²) in [5.74, 6) is -0.373. The number of nitrogens with one attached hydrogen (secondary N) is 1. The van der Waals surface area contributed by atoms with Crippen molar-refractivity contribution in [1.82, 2.24) is 9.88 Å². The monoisotopic (exact) mass is 375 g/mol. The van der Waals surface area contributed by atoms with Crippen molar-refractivity contribution in [2.24, 2.45) is 0 Å². The second-order valence-electron chi connectivity index (χ2n) is 7.13. The molecule has 0 atom stereocenters. The number of carbonyl (C=O) groups is 1. The van der Waals surface area contributed by atoms with Crippen LogP contribution >= 0.6 is 0 Å². The van der Waals surface area contributed by atoms with Crippen LogP contribution < -0.4 is 16.6 Å². The number of nitrogens with two attached hydrogens (primary N) is 1. The Morgan fingerprint density at radius 1 is 1.04 bits per heavy atom. The Hall–Kier alpha value is -3.34. The highest BCUT2D eigenvalue weighted by molar-refractivity contribution is 5.99. The van der Waals surface area contributed by atoms with Crippen molar-refractivity contribution in [2.75, 3.05) is 12.8 Å². The van der Waals surface area contributed by atoms with E-state index in [1.165, 1.54) is 12.6 Å². The van der Waals surface area contributed by atoms with Crippen LogP contribution in [0, 0.1) is 20.8 Å². The average molecular weight is 375 g/mol. The molecule has 2 aromatic carbocycles. The molecule has 3 rings (SSSR count). The summed E-state index contributed by atoms with van der Waals surface area (Å²) < 4.78 is 1.65. The number of aromatic nitrogens is 1. The number of anilines is 1. The third kappa shape index (κ3) is 3.69. The molecule has 0 aliphatic heterocycles. The van der Waals surface area contributed by atoms with Crippen LogP contribution in [0.3, 0.4) is 0 Å². The van der Waals surface area contributed by atoms with Gasteiger partial charge < -0.3 is 15.6 Å². The molecule has 1 amide bonds. The summed E-state index contributed by atoms with van der Waals surface area (Å²) in [4.78, 5) is 25.4. The minimum Gasteiger partial charge on any atom is -0.394 e. The van der Waals surface area contributed by atoms with Gasteiger partial charge in [0, 0.05) is 7.05 Å². The molecule has 1 aromatic heterocycles. The maximum absolute atomic E-state index is 13.1. The van der Waals surface area contributed by atoms with Gasteiger partial charge in [0.25, 0.3) is 11.5 Å². The third-order valence-corrected chi connectivity index (χ3v) is 4.95. The van der Waals surface area contributed by atoms with Crippen LogP contribution in [0.5, 0.6) is 0 Å². The standard InChI is InChI=1S/C23H25N3O2/c1-14-6-5-7-17(11-14)20-12-19(22(27)25-4)21(24)23(28)26(20)13-18-9-8-15(2)10-16(18)3/h5-12H,13,24H2,1-4H3,(H,25,27). The van der Waals surface area contributed by atoms with E-state index in [-0.39, 0.29) is 22.7 Å². The molecule has 5 nitrogen and oxygen atoms in total. The number of amides is 1. The van der Waals surface area contributed by atoms with Crippen molar-refractivity contribution < 1.29 is 4.79 Å². The average Bonchev–Trinajstić information content (AvgIpc) is 2.67. The highest BCUT2D eigenvalue weighted by Gasteiger charge is 2.19. The molecule has 28 heavy (non-hydrogen) atoms. The van der Waals surface area contributed by atoms with Crippen molar-refractivity contribution in [3.8, 4) is 11.3 Å². The maximum atomic E-state index is 13.1. The minimum absolute atomic E-state index is 0.0412. The van der Waals surface area contributed by atoms with Gasteiger partial charge in [0.1, 0.15) is 5.69 Å². The number of nitrogen functional groups attached to an aromatic ring is 1. The highest BCUT2D eigenvalue weighted by atomic mass is 16.2. The van der Waals surface area contributed by atoms with Gasteiger partial charge >= 0.3 is 0 Å². The number of pyridine rings is 1. The second kappa shape index (κ2) is 7.72. The first-order valence-electron chi connectivity index (χ1n) is 9.20. The summed E-state index contributed by atoms with van der Waals surface area (Å²) in [5, 5.41) is 2.56. The van der Waals surface area contributed by atoms with Gasteiger partial charge in [-0.15, -0.1) is 0 Å². The van der Waals surface area contributed by atoms with Gasteiger partial charge in [-0.25, -0.2) is 0 Å². The van der Waals surface area contributed by atoms with Crippen molar-refractivity contribution in [3.63, 3.8) is 0 Å². The quantitative estimate of drug-likeness (QED) is 0.733. The van der Waals surface area contributed by atoms with Gasteiger partial charge in [-0.05, 0) is 49.6 Å². The van der Waals surface area contributed by atoms with Gasteiger partial charge in [0.2, 0.25) is 0 Å². The SMILES string of the molecule is CNC(=O)c1cc(-c2cccc(C)c2)n(Cc2ccc(C)cc2C)c(=O)c1N. The van der Waals surface area contributed by atoms with E-state index in [1.807, 2.05) is 57.2 Å². The lowest BCUT2D eigenvalue weighted by atomic mass is 10.0. The van der Waals surface area contributed by atoms with Gasteiger partial charge in [-0.3, -0.25) is 9.59 Å². The third-order valence-electron chi connectivity index (χ3n) is 4.95. The number of hydrogen-bond donors (Lipinski definition) is 2. The first-order chi connectivity index (χ1) is 13.3. The molecule has 0 spiro atoms. The van der Waals surface area contributed by atoms with Crippen LogP contribution in [-0.2, 0) is 6.54 Å². The highest BCUT2D eigenvalue weighted by Crippen LogP contribution is 2.24. The van der Waals surface area contributed by atoms with Crippen molar-refractivity contribution >= 4 is 11.6 Å². The molecule has 0 saturated carbocycles. The molecule has 144 valence electrons. The summed E-state index contributed by atoms with van der Waals surface area (Å²) in [6, 6.07) is 15.7. The van der Waals surface area contributed by atoms with Crippen LogP contribution in [0.1, 0.15) is 32.6 Å². The molecule has 3 aromatic rings. The Morgan fingerprint density at radius 2 is 1.75 bits per heavy atom. The van der Waals surface area contributed by atoms with E-state index in [2.05, 4.69) is 11.4 Å². The lowest BCUT2D eigenvalue weighted by Gasteiger charge is -2.18. The second-order valence-corrected chi connectivity index (χ2v) is 7.13. The molecule has 0 fully saturated rings. The normalized spacial score (nSPS) is 10.7. The molecule has 0 radical (unpaired) electrons. The van der Waals surface area contributed by atoms with E-state index in [0.717, 1.165) is 22.3 Å². The van der Waals surface area contributed by atoms with E-state index < -0.39 is 0 Å². The topological polar surface area (TPSA) is 77.1 Å². The molecule has 0 aliphatic rings. The van der Waals surface area contributed by atoms with Crippen LogP contribution in [0.2, 0.25) is 0 Å². The molecule has 1 heterocycles. The van der Waals surface area contributed by atoms with Crippen LogP contribution in [0.15, 0.2) is 53.3 Å². The Balaban J connectivity index is 2.26. The molecule has 3 N–H and O–H groups in total. The number of carbonyl (C=O) groups excluding carboxylic acids is 1. The minimum atomic E-state index is -0.373. The molecular weight excluding hydrogens is 350 g/mol. The molecule has 0 unspecified atom stereocenters. The first-order valence-corrected chi connectivity index (χ1v) is 9.20. The van der Waals surface area contributed by atoms with Gasteiger partial charge in [-0.2, -0.15) is 0 Å². The summed E-state index contributed by atoms with van der Waals surface area (Å²) >= 11 is 0. The Kier molecular flexibility index (Phi) is 5.36. The number of rotatable bonds is 4. The number of hydrogen-bond acceptors (Lipinski definition) is 3. The van der Waals surface area contributed by atoms with Crippen LogP contribution in [-0.4, -0.2) is 17.5 Å². The molecule has 5 heteroatoms. The summed E-state index contributed by atoms with van der Waals surface area (Å²) in [7, 11) is 1.52. The molecule has 0 saturated heterocycles. The lowest BCUT2D eigenvalue weighted by molar-refractivity contribution is 0.0963. The zero-order valence-corrected chi connectivity index (χ0v) is 16.7. The number of aryl methyl sites for hydroxylation is 3. The maximum Gasteiger partial charge on any atom is 0.275 e. The van der Waals surface area contributed by atoms with E-state index in [4.69, 9.17) is 5.73 Å².